The average Bonchev–Trinajstić information content (AvgIpc) is 3.22. The SMILES string of the molecule is COc1ccc(N2C[C@@H](CNC(=O)CC3CCCC3)CC2=O)cc1. The Bertz CT molecular complexity index is 579. The summed E-state index contributed by atoms with van der Waals surface area (Å²) in [6.07, 6.45) is 6.01. The zero-order valence-electron chi connectivity index (χ0n) is 14.3. The van der Waals surface area contributed by atoms with Crippen LogP contribution in [0, 0.1) is 11.8 Å². The Morgan fingerprint density at radius 2 is 1.92 bits per heavy atom. The van der Waals surface area contributed by atoms with E-state index in [-0.39, 0.29) is 17.7 Å². The van der Waals surface area contributed by atoms with Crippen molar-refractivity contribution in [1.82, 2.24) is 5.32 Å². The third kappa shape index (κ3) is 4.08. The van der Waals surface area contributed by atoms with E-state index in [1.54, 1.807) is 12.0 Å². The molecule has 0 radical (unpaired) electrons. The number of benzene rings is 1. The van der Waals surface area contributed by atoms with Gasteiger partial charge in [-0.2, -0.15) is 0 Å². The van der Waals surface area contributed by atoms with Gasteiger partial charge in [0.25, 0.3) is 0 Å². The maximum atomic E-state index is 12.2. The second kappa shape index (κ2) is 7.69. The van der Waals surface area contributed by atoms with Gasteiger partial charge in [0.15, 0.2) is 0 Å². The highest BCUT2D eigenvalue weighted by atomic mass is 16.5. The van der Waals surface area contributed by atoms with Gasteiger partial charge in [0, 0.05) is 37.5 Å². The number of anilines is 1. The quantitative estimate of drug-likeness (QED) is 0.872. The molecule has 5 nitrogen and oxygen atoms in total. The summed E-state index contributed by atoms with van der Waals surface area (Å²) in [7, 11) is 1.63. The first-order valence-corrected chi connectivity index (χ1v) is 8.87. The maximum Gasteiger partial charge on any atom is 0.227 e. The van der Waals surface area contributed by atoms with Crippen LogP contribution in [0.5, 0.6) is 5.75 Å². The van der Waals surface area contributed by atoms with E-state index in [9.17, 15) is 9.59 Å². The summed E-state index contributed by atoms with van der Waals surface area (Å²) >= 11 is 0. The molecule has 1 heterocycles. The molecule has 1 saturated carbocycles. The molecule has 0 spiro atoms. The van der Waals surface area contributed by atoms with Gasteiger partial charge in [0.2, 0.25) is 11.8 Å². The number of nitrogens with one attached hydrogen (secondary N) is 1. The molecule has 1 aliphatic heterocycles. The van der Waals surface area contributed by atoms with Crippen molar-refractivity contribution in [2.75, 3.05) is 25.1 Å². The van der Waals surface area contributed by atoms with E-state index in [4.69, 9.17) is 4.74 Å². The largest absolute Gasteiger partial charge is 0.497 e. The van der Waals surface area contributed by atoms with E-state index in [2.05, 4.69) is 5.32 Å². The lowest BCUT2D eigenvalue weighted by Gasteiger charge is -2.17. The first kappa shape index (κ1) is 16.8. The minimum atomic E-state index is 0.121. The van der Waals surface area contributed by atoms with E-state index < -0.39 is 0 Å². The molecule has 2 amide bonds. The van der Waals surface area contributed by atoms with Crippen molar-refractivity contribution in [2.24, 2.45) is 11.8 Å². The van der Waals surface area contributed by atoms with Crippen molar-refractivity contribution in [3.8, 4) is 5.75 Å². The molecule has 1 aromatic rings. The molecule has 130 valence electrons. The molecular formula is C19H26N2O3. The third-order valence-electron chi connectivity index (χ3n) is 5.13. The van der Waals surface area contributed by atoms with Crippen molar-refractivity contribution in [3.05, 3.63) is 24.3 Å². The standard InChI is InChI=1S/C19H26N2O3/c1-24-17-8-6-16(7-9-17)21-13-15(11-19(21)23)12-20-18(22)10-14-4-2-3-5-14/h6-9,14-15H,2-5,10-13H2,1H3,(H,20,22)/t15-/m1/s1. The summed E-state index contributed by atoms with van der Waals surface area (Å²) in [6, 6.07) is 7.52. The van der Waals surface area contributed by atoms with Crippen molar-refractivity contribution in [3.63, 3.8) is 0 Å². The normalized spacial score (nSPS) is 21.3. The van der Waals surface area contributed by atoms with Crippen LogP contribution in [0.2, 0.25) is 0 Å². The molecule has 1 N–H and O–H groups in total. The lowest BCUT2D eigenvalue weighted by Crippen LogP contribution is -2.32. The Labute approximate surface area is 143 Å². The van der Waals surface area contributed by atoms with Gasteiger partial charge in [0.1, 0.15) is 5.75 Å². The van der Waals surface area contributed by atoms with Gasteiger partial charge >= 0.3 is 0 Å². The molecule has 1 aliphatic carbocycles. The number of ether oxygens (including phenoxy) is 1. The highest BCUT2D eigenvalue weighted by Crippen LogP contribution is 2.28. The summed E-state index contributed by atoms with van der Waals surface area (Å²) in [5, 5.41) is 3.02. The topological polar surface area (TPSA) is 58.6 Å². The predicted molar refractivity (Wildman–Crippen MR) is 93.0 cm³/mol. The fraction of sp³-hybridized carbons (Fsp3) is 0.579. The Morgan fingerprint density at radius 3 is 2.58 bits per heavy atom. The van der Waals surface area contributed by atoms with Crippen LogP contribution in [0.15, 0.2) is 24.3 Å². The van der Waals surface area contributed by atoms with Gasteiger partial charge in [-0.3, -0.25) is 9.59 Å². The zero-order chi connectivity index (χ0) is 16.9. The molecule has 5 heteroatoms. The Balaban J connectivity index is 1.48. The second-order valence-corrected chi connectivity index (χ2v) is 6.93. The molecule has 2 aliphatic rings. The van der Waals surface area contributed by atoms with Crippen LogP contribution in [0.25, 0.3) is 0 Å². The van der Waals surface area contributed by atoms with Gasteiger partial charge in [-0.05, 0) is 43.0 Å². The van der Waals surface area contributed by atoms with Crippen LogP contribution in [-0.4, -0.2) is 32.0 Å². The summed E-state index contributed by atoms with van der Waals surface area (Å²) in [6.45, 7) is 1.25. The van der Waals surface area contributed by atoms with Crippen molar-refractivity contribution < 1.29 is 14.3 Å². The minimum Gasteiger partial charge on any atom is -0.497 e. The molecule has 3 rings (SSSR count). The fourth-order valence-corrected chi connectivity index (χ4v) is 3.74. The minimum absolute atomic E-state index is 0.121. The monoisotopic (exact) mass is 330 g/mol. The van der Waals surface area contributed by atoms with Crippen LogP contribution >= 0.6 is 0 Å². The lowest BCUT2D eigenvalue weighted by atomic mass is 10.0. The summed E-state index contributed by atoms with van der Waals surface area (Å²) in [5.74, 6) is 1.78. The number of hydrogen-bond acceptors (Lipinski definition) is 3. The van der Waals surface area contributed by atoms with Gasteiger partial charge in [-0.15, -0.1) is 0 Å². The van der Waals surface area contributed by atoms with E-state index in [1.165, 1.54) is 25.7 Å². The van der Waals surface area contributed by atoms with Crippen LogP contribution in [0.1, 0.15) is 38.5 Å². The molecule has 1 atom stereocenters. The molecular weight excluding hydrogens is 304 g/mol. The molecule has 2 fully saturated rings. The van der Waals surface area contributed by atoms with E-state index >= 15 is 0 Å². The van der Waals surface area contributed by atoms with Gasteiger partial charge in [0.05, 0.1) is 7.11 Å². The maximum absolute atomic E-state index is 12.2. The molecule has 0 unspecified atom stereocenters. The molecule has 1 aromatic carbocycles. The van der Waals surface area contributed by atoms with Crippen LogP contribution in [-0.2, 0) is 9.59 Å². The number of carbonyl (C=O) groups is 2. The Hall–Kier alpha value is -2.04. The molecule has 24 heavy (non-hydrogen) atoms. The van der Waals surface area contributed by atoms with Crippen molar-refractivity contribution in [2.45, 2.75) is 38.5 Å². The van der Waals surface area contributed by atoms with E-state index in [0.717, 1.165) is 11.4 Å². The highest BCUT2D eigenvalue weighted by molar-refractivity contribution is 5.95. The van der Waals surface area contributed by atoms with Crippen LogP contribution in [0.3, 0.4) is 0 Å². The van der Waals surface area contributed by atoms with Crippen molar-refractivity contribution in [1.29, 1.82) is 0 Å². The molecule has 0 aromatic heterocycles. The number of methoxy groups -OCH3 is 1. The zero-order valence-corrected chi connectivity index (χ0v) is 14.3. The van der Waals surface area contributed by atoms with E-state index in [0.29, 0.717) is 31.8 Å². The van der Waals surface area contributed by atoms with Gasteiger partial charge in [-0.1, -0.05) is 12.8 Å². The molecule has 1 saturated heterocycles. The fourth-order valence-electron chi connectivity index (χ4n) is 3.74. The number of amides is 2. The summed E-state index contributed by atoms with van der Waals surface area (Å²) < 4.78 is 5.15. The summed E-state index contributed by atoms with van der Waals surface area (Å²) in [5.41, 5.74) is 0.889. The molecule has 0 bridgehead atoms. The van der Waals surface area contributed by atoms with Gasteiger partial charge < -0.3 is 15.0 Å². The lowest BCUT2D eigenvalue weighted by molar-refractivity contribution is -0.122. The second-order valence-electron chi connectivity index (χ2n) is 6.93. The number of carbonyl (C=O) groups excluding carboxylic acids is 2. The Morgan fingerprint density at radius 1 is 1.21 bits per heavy atom. The number of nitrogens with zero attached hydrogens (tertiary/aromatic N) is 1. The smallest absolute Gasteiger partial charge is 0.227 e. The number of hydrogen-bond donors (Lipinski definition) is 1. The first-order chi connectivity index (χ1) is 11.7. The van der Waals surface area contributed by atoms with Gasteiger partial charge in [-0.25, -0.2) is 0 Å². The highest BCUT2D eigenvalue weighted by Gasteiger charge is 2.31. The Kier molecular flexibility index (Phi) is 5.38. The first-order valence-electron chi connectivity index (χ1n) is 8.87. The average molecular weight is 330 g/mol. The van der Waals surface area contributed by atoms with Crippen LogP contribution in [0.4, 0.5) is 5.69 Å². The predicted octanol–water partition coefficient (Wildman–Crippen LogP) is 2.74. The number of rotatable bonds is 6. The van der Waals surface area contributed by atoms with Crippen molar-refractivity contribution >= 4 is 17.5 Å². The third-order valence-corrected chi connectivity index (χ3v) is 5.13. The van der Waals surface area contributed by atoms with E-state index in [1.807, 2.05) is 24.3 Å². The summed E-state index contributed by atoms with van der Waals surface area (Å²) in [4.78, 5) is 26.1. The van der Waals surface area contributed by atoms with Crippen LogP contribution < -0.4 is 15.0 Å².